The zero-order valence-electron chi connectivity index (χ0n) is 10.5. The van der Waals surface area contributed by atoms with Crippen LogP contribution in [0.2, 0.25) is 0 Å². The number of primary amides is 1. The van der Waals surface area contributed by atoms with Crippen LogP contribution in [0.4, 0.5) is 0 Å². The van der Waals surface area contributed by atoms with Gasteiger partial charge < -0.3 is 20.5 Å². The summed E-state index contributed by atoms with van der Waals surface area (Å²) in [5.74, 6) is -0.0332. The number of rotatable bonds is 5. The van der Waals surface area contributed by atoms with E-state index in [2.05, 4.69) is 5.32 Å². The summed E-state index contributed by atoms with van der Waals surface area (Å²) in [6.45, 7) is 1.51. The van der Waals surface area contributed by atoms with Crippen molar-refractivity contribution >= 4 is 11.8 Å². The lowest BCUT2D eigenvalue weighted by atomic mass is 10.1. The van der Waals surface area contributed by atoms with Crippen LogP contribution in [0.3, 0.4) is 0 Å². The van der Waals surface area contributed by atoms with E-state index >= 15 is 0 Å². The molecule has 18 heavy (non-hydrogen) atoms. The minimum Gasteiger partial charge on any atom is -0.497 e. The fourth-order valence-electron chi connectivity index (χ4n) is 1.29. The molecule has 0 saturated carbocycles. The number of ether oxygens (including phenoxy) is 2. The summed E-state index contributed by atoms with van der Waals surface area (Å²) in [4.78, 5) is 22.7. The molecule has 0 aliphatic heterocycles. The Morgan fingerprint density at radius 2 is 1.67 bits per heavy atom. The van der Waals surface area contributed by atoms with E-state index in [0.29, 0.717) is 17.1 Å². The average Bonchev–Trinajstić information content (AvgIpc) is 2.37. The Hall–Kier alpha value is -2.24. The van der Waals surface area contributed by atoms with Gasteiger partial charge in [-0.15, -0.1) is 0 Å². The number of carbonyl (C=O) groups is 2. The number of nitrogens with two attached hydrogens (primary N) is 1. The van der Waals surface area contributed by atoms with Crippen molar-refractivity contribution in [1.29, 1.82) is 0 Å². The second-order valence-electron chi connectivity index (χ2n) is 3.70. The van der Waals surface area contributed by atoms with Gasteiger partial charge in [0.25, 0.3) is 5.91 Å². The molecule has 0 fully saturated rings. The number of methoxy groups -OCH3 is 2. The third kappa shape index (κ3) is 3.38. The molecule has 6 nitrogen and oxygen atoms in total. The van der Waals surface area contributed by atoms with Gasteiger partial charge in [-0.1, -0.05) is 0 Å². The van der Waals surface area contributed by atoms with Crippen LogP contribution in [0.5, 0.6) is 11.5 Å². The van der Waals surface area contributed by atoms with Gasteiger partial charge in [0, 0.05) is 11.6 Å². The van der Waals surface area contributed by atoms with Gasteiger partial charge in [0.05, 0.1) is 14.2 Å². The number of amides is 2. The van der Waals surface area contributed by atoms with E-state index in [1.807, 2.05) is 0 Å². The van der Waals surface area contributed by atoms with E-state index in [1.54, 1.807) is 18.2 Å². The average molecular weight is 252 g/mol. The van der Waals surface area contributed by atoms with Crippen LogP contribution in [0.15, 0.2) is 18.2 Å². The summed E-state index contributed by atoms with van der Waals surface area (Å²) >= 11 is 0. The maximum atomic E-state index is 11.9. The van der Waals surface area contributed by atoms with Gasteiger partial charge in [-0.05, 0) is 19.1 Å². The van der Waals surface area contributed by atoms with Gasteiger partial charge >= 0.3 is 0 Å². The topological polar surface area (TPSA) is 90.7 Å². The molecule has 0 heterocycles. The summed E-state index contributed by atoms with van der Waals surface area (Å²) in [6, 6.07) is 4.00. The standard InChI is InChI=1S/C12H16N2O4/c1-7(11(13)15)14-12(16)8-4-9(17-2)6-10(5-8)18-3/h4-7H,1-3H3,(H2,13,15)(H,14,16). The highest BCUT2D eigenvalue weighted by Gasteiger charge is 2.15. The summed E-state index contributed by atoms with van der Waals surface area (Å²) in [6.07, 6.45) is 0. The molecule has 0 aliphatic carbocycles. The minimum absolute atomic E-state index is 0.333. The van der Waals surface area contributed by atoms with E-state index in [9.17, 15) is 9.59 Å². The molecule has 0 aliphatic rings. The second-order valence-corrected chi connectivity index (χ2v) is 3.70. The molecule has 98 valence electrons. The largest absolute Gasteiger partial charge is 0.497 e. The first-order valence-corrected chi connectivity index (χ1v) is 5.31. The van der Waals surface area contributed by atoms with Crippen LogP contribution in [-0.2, 0) is 4.79 Å². The summed E-state index contributed by atoms with van der Waals surface area (Å²) in [7, 11) is 2.98. The molecule has 2 amide bonds. The van der Waals surface area contributed by atoms with Crippen LogP contribution in [0.25, 0.3) is 0 Å². The van der Waals surface area contributed by atoms with E-state index in [1.165, 1.54) is 21.1 Å². The molecule has 6 heteroatoms. The predicted octanol–water partition coefficient (Wildman–Crippen LogP) is 0.307. The van der Waals surface area contributed by atoms with Crippen LogP contribution in [0.1, 0.15) is 17.3 Å². The molecule has 0 bridgehead atoms. The van der Waals surface area contributed by atoms with Crippen LogP contribution in [0, 0.1) is 0 Å². The Morgan fingerprint density at radius 3 is 2.06 bits per heavy atom. The highest BCUT2D eigenvalue weighted by molar-refractivity contribution is 5.97. The molecule has 1 aromatic carbocycles. The van der Waals surface area contributed by atoms with E-state index in [4.69, 9.17) is 15.2 Å². The molecule has 0 aromatic heterocycles. The summed E-state index contributed by atoms with van der Waals surface area (Å²) < 4.78 is 10.1. The monoisotopic (exact) mass is 252 g/mol. The van der Waals surface area contributed by atoms with Crippen molar-refractivity contribution in [1.82, 2.24) is 5.32 Å². The third-order valence-electron chi connectivity index (χ3n) is 2.39. The first-order chi connectivity index (χ1) is 8.47. The maximum absolute atomic E-state index is 11.9. The number of hydrogen-bond donors (Lipinski definition) is 2. The Morgan fingerprint density at radius 1 is 1.17 bits per heavy atom. The Balaban J connectivity index is 2.94. The smallest absolute Gasteiger partial charge is 0.252 e. The van der Waals surface area contributed by atoms with Gasteiger partial charge in [0.2, 0.25) is 5.91 Å². The second kappa shape index (κ2) is 5.90. The molecule has 1 aromatic rings. The molecular formula is C12H16N2O4. The first kappa shape index (κ1) is 13.8. The van der Waals surface area contributed by atoms with Crippen LogP contribution < -0.4 is 20.5 Å². The fraction of sp³-hybridized carbons (Fsp3) is 0.333. The summed E-state index contributed by atoms with van der Waals surface area (Å²) in [5, 5.41) is 2.47. The number of nitrogens with one attached hydrogen (secondary N) is 1. The normalized spacial score (nSPS) is 11.5. The van der Waals surface area contributed by atoms with Crippen LogP contribution >= 0.6 is 0 Å². The van der Waals surface area contributed by atoms with Crippen molar-refractivity contribution in [3.05, 3.63) is 23.8 Å². The SMILES string of the molecule is COc1cc(OC)cc(C(=O)NC(C)C(N)=O)c1. The Kier molecular flexibility index (Phi) is 4.53. The van der Waals surface area contributed by atoms with E-state index < -0.39 is 17.9 Å². The highest BCUT2D eigenvalue weighted by Crippen LogP contribution is 2.22. The summed E-state index contributed by atoms with van der Waals surface area (Å²) in [5.41, 5.74) is 5.40. The van der Waals surface area contributed by atoms with Crippen molar-refractivity contribution < 1.29 is 19.1 Å². The van der Waals surface area contributed by atoms with E-state index in [0.717, 1.165) is 0 Å². The van der Waals surface area contributed by atoms with Crippen molar-refractivity contribution in [2.75, 3.05) is 14.2 Å². The highest BCUT2D eigenvalue weighted by atomic mass is 16.5. The molecule has 1 unspecified atom stereocenters. The Bertz CT molecular complexity index is 437. The zero-order chi connectivity index (χ0) is 13.7. The molecular weight excluding hydrogens is 236 g/mol. The van der Waals surface area contributed by atoms with Crippen molar-refractivity contribution in [3.8, 4) is 11.5 Å². The van der Waals surface area contributed by atoms with Gasteiger partial charge in [0.15, 0.2) is 0 Å². The first-order valence-electron chi connectivity index (χ1n) is 5.31. The van der Waals surface area contributed by atoms with Crippen molar-refractivity contribution in [2.24, 2.45) is 5.73 Å². The van der Waals surface area contributed by atoms with Crippen molar-refractivity contribution in [2.45, 2.75) is 13.0 Å². The number of carbonyl (C=O) groups excluding carboxylic acids is 2. The zero-order valence-corrected chi connectivity index (χ0v) is 10.5. The lowest BCUT2D eigenvalue weighted by Gasteiger charge is -2.12. The third-order valence-corrected chi connectivity index (χ3v) is 2.39. The molecule has 0 saturated heterocycles. The lowest BCUT2D eigenvalue weighted by molar-refractivity contribution is -0.119. The molecule has 1 atom stereocenters. The number of benzene rings is 1. The fourth-order valence-corrected chi connectivity index (χ4v) is 1.29. The molecule has 1 rings (SSSR count). The quantitative estimate of drug-likeness (QED) is 0.789. The number of hydrogen-bond acceptors (Lipinski definition) is 4. The molecule has 0 radical (unpaired) electrons. The van der Waals surface area contributed by atoms with Gasteiger partial charge in [-0.2, -0.15) is 0 Å². The molecule has 0 spiro atoms. The maximum Gasteiger partial charge on any atom is 0.252 e. The van der Waals surface area contributed by atoms with Gasteiger partial charge in [-0.25, -0.2) is 0 Å². The predicted molar refractivity (Wildman–Crippen MR) is 65.7 cm³/mol. The van der Waals surface area contributed by atoms with Gasteiger partial charge in [0.1, 0.15) is 17.5 Å². The Labute approximate surface area is 105 Å². The molecule has 3 N–H and O–H groups in total. The lowest BCUT2D eigenvalue weighted by Crippen LogP contribution is -2.42. The minimum atomic E-state index is -0.741. The van der Waals surface area contributed by atoms with Crippen LogP contribution in [-0.4, -0.2) is 32.1 Å². The van der Waals surface area contributed by atoms with Crippen molar-refractivity contribution in [3.63, 3.8) is 0 Å². The van der Waals surface area contributed by atoms with Gasteiger partial charge in [-0.3, -0.25) is 9.59 Å². The van der Waals surface area contributed by atoms with E-state index in [-0.39, 0.29) is 0 Å².